The van der Waals surface area contributed by atoms with Crippen LogP contribution in [0.1, 0.15) is 41.5 Å². The van der Waals surface area contributed by atoms with Gasteiger partial charge >= 0.3 is 0 Å². The first-order valence-electron chi connectivity index (χ1n) is 11.3. The van der Waals surface area contributed by atoms with Gasteiger partial charge in [0.15, 0.2) is 11.8 Å². The highest BCUT2D eigenvalue weighted by Gasteiger charge is 2.28. The van der Waals surface area contributed by atoms with Crippen LogP contribution in [0.25, 0.3) is 11.4 Å². The number of benzene rings is 1. The molecule has 0 aliphatic carbocycles. The molecule has 1 saturated heterocycles. The molecule has 0 spiro atoms. The molecule has 2 aromatic rings. The number of aliphatic hydroxyl groups excluding tert-OH is 1. The van der Waals surface area contributed by atoms with Crippen molar-refractivity contribution in [2.75, 3.05) is 33.3 Å². The molecule has 3 heterocycles. The lowest BCUT2D eigenvalue weighted by molar-refractivity contribution is -0.135. The zero-order chi connectivity index (χ0) is 24.4. The Kier molecular flexibility index (Phi) is 6.86. The van der Waals surface area contributed by atoms with Crippen molar-refractivity contribution in [2.45, 2.75) is 39.0 Å². The molecule has 1 aromatic carbocycles. The number of halogens is 1. The zero-order valence-corrected chi connectivity index (χ0v) is 19.3. The number of aromatic nitrogens is 2. The first kappa shape index (κ1) is 23.7. The van der Waals surface area contributed by atoms with Gasteiger partial charge in [-0.15, -0.1) is 0 Å². The summed E-state index contributed by atoms with van der Waals surface area (Å²) in [4.78, 5) is 32.4. The van der Waals surface area contributed by atoms with Crippen LogP contribution in [0.5, 0.6) is 5.75 Å². The van der Waals surface area contributed by atoms with Crippen LogP contribution in [-0.2, 0) is 17.9 Å². The zero-order valence-electron chi connectivity index (χ0n) is 19.3. The molecule has 1 aromatic heterocycles. The minimum atomic E-state index is -1.57. The standard InChI is InChI=1S/C24H28FN5O4/c1-3-28(2)24(33)19(31)7-6-15-12-16-20(13-17(15)25)34-11-10-30-18(14-29-8-4-5-9-29)21(22(26)32)27-23(16)30/h12-13,19,31H,3-5,8-11,14H2,1-2H3,(H2,26,32). The minimum absolute atomic E-state index is 0.0217. The van der Waals surface area contributed by atoms with E-state index in [0.717, 1.165) is 25.9 Å². The summed E-state index contributed by atoms with van der Waals surface area (Å²) in [5.74, 6) is 3.85. The van der Waals surface area contributed by atoms with Crippen molar-refractivity contribution in [2.24, 2.45) is 5.73 Å². The second kappa shape index (κ2) is 9.83. The molecule has 10 heteroatoms. The summed E-state index contributed by atoms with van der Waals surface area (Å²) in [5.41, 5.74) is 6.99. The number of nitrogens with two attached hydrogens (primary N) is 1. The number of fused-ring (bicyclic) bond motifs is 3. The number of aliphatic hydroxyl groups is 1. The second-order valence-corrected chi connectivity index (χ2v) is 8.43. The first-order valence-corrected chi connectivity index (χ1v) is 11.3. The highest BCUT2D eigenvalue weighted by molar-refractivity contribution is 5.93. The molecular weight excluding hydrogens is 441 g/mol. The van der Waals surface area contributed by atoms with Gasteiger partial charge in [-0.1, -0.05) is 11.8 Å². The summed E-state index contributed by atoms with van der Waals surface area (Å²) in [6.07, 6.45) is 0.625. The number of likely N-dealkylation sites (N-methyl/N-ethyl adjacent to an activating group) is 1. The van der Waals surface area contributed by atoms with Gasteiger partial charge in [0, 0.05) is 26.2 Å². The van der Waals surface area contributed by atoms with E-state index in [1.54, 1.807) is 14.0 Å². The Labute approximate surface area is 197 Å². The van der Waals surface area contributed by atoms with Gasteiger partial charge in [0.05, 0.1) is 23.4 Å². The molecule has 1 fully saturated rings. The number of nitrogens with zero attached hydrogens (tertiary/aromatic N) is 4. The number of imidazole rings is 1. The quantitative estimate of drug-likeness (QED) is 0.631. The van der Waals surface area contributed by atoms with Gasteiger partial charge in [0.25, 0.3) is 11.8 Å². The number of carbonyl (C=O) groups is 2. The van der Waals surface area contributed by atoms with Crippen LogP contribution in [0, 0.1) is 17.7 Å². The van der Waals surface area contributed by atoms with Gasteiger partial charge in [0.1, 0.15) is 24.0 Å². The largest absolute Gasteiger partial charge is 0.491 e. The Morgan fingerprint density at radius 3 is 2.74 bits per heavy atom. The fourth-order valence-electron chi connectivity index (χ4n) is 4.21. The molecular formula is C24H28FN5O4. The summed E-state index contributed by atoms with van der Waals surface area (Å²) in [6.45, 7) is 5.27. The Bertz CT molecular complexity index is 1180. The maximum absolute atomic E-state index is 14.8. The van der Waals surface area contributed by atoms with Crippen LogP contribution in [0.4, 0.5) is 4.39 Å². The number of amides is 2. The summed E-state index contributed by atoms with van der Waals surface area (Å²) in [5, 5.41) is 10.1. The topological polar surface area (TPSA) is 114 Å². The summed E-state index contributed by atoms with van der Waals surface area (Å²) < 4.78 is 22.4. The monoisotopic (exact) mass is 469 g/mol. The molecule has 0 bridgehead atoms. The third-order valence-electron chi connectivity index (χ3n) is 6.19. The van der Waals surface area contributed by atoms with Gasteiger partial charge in [0.2, 0.25) is 0 Å². The van der Waals surface area contributed by atoms with Gasteiger partial charge in [-0.3, -0.25) is 14.5 Å². The minimum Gasteiger partial charge on any atom is -0.491 e. The van der Waals surface area contributed by atoms with Crippen molar-refractivity contribution >= 4 is 11.8 Å². The van der Waals surface area contributed by atoms with E-state index in [0.29, 0.717) is 36.7 Å². The maximum atomic E-state index is 14.8. The van der Waals surface area contributed by atoms with Crippen LogP contribution in [0.3, 0.4) is 0 Å². The molecule has 2 aliphatic heterocycles. The Morgan fingerprint density at radius 1 is 1.32 bits per heavy atom. The molecule has 34 heavy (non-hydrogen) atoms. The van der Waals surface area contributed by atoms with E-state index in [9.17, 15) is 19.1 Å². The third kappa shape index (κ3) is 4.62. The van der Waals surface area contributed by atoms with E-state index in [1.165, 1.54) is 17.0 Å². The second-order valence-electron chi connectivity index (χ2n) is 8.43. The third-order valence-corrected chi connectivity index (χ3v) is 6.19. The van der Waals surface area contributed by atoms with E-state index in [2.05, 4.69) is 21.7 Å². The molecule has 4 rings (SSSR count). The highest BCUT2D eigenvalue weighted by Crippen LogP contribution is 2.36. The fourth-order valence-corrected chi connectivity index (χ4v) is 4.21. The van der Waals surface area contributed by atoms with Crippen molar-refractivity contribution in [1.82, 2.24) is 19.4 Å². The lowest BCUT2D eigenvalue weighted by Gasteiger charge is -2.17. The summed E-state index contributed by atoms with van der Waals surface area (Å²) >= 11 is 0. The number of rotatable bonds is 5. The van der Waals surface area contributed by atoms with Crippen LogP contribution in [0.15, 0.2) is 12.1 Å². The number of hydrogen-bond donors (Lipinski definition) is 2. The van der Waals surface area contributed by atoms with E-state index in [-0.39, 0.29) is 23.6 Å². The number of carbonyl (C=O) groups excluding carboxylic acids is 2. The van der Waals surface area contributed by atoms with Crippen LogP contribution in [-0.4, -0.2) is 75.7 Å². The molecule has 1 atom stereocenters. The van der Waals surface area contributed by atoms with E-state index in [4.69, 9.17) is 10.5 Å². The van der Waals surface area contributed by atoms with Crippen LogP contribution >= 0.6 is 0 Å². The predicted octanol–water partition coefficient (Wildman–Crippen LogP) is 0.967. The van der Waals surface area contributed by atoms with Crippen molar-refractivity contribution in [3.63, 3.8) is 0 Å². The molecule has 2 amide bonds. The molecule has 3 N–H and O–H groups in total. The van der Waals surface area contributed by atoms with Crippen molar-refractivity contribution in [3.05, 3.63) is 34.9 Å². The van der Waals surface area contributed by atoms with E-state index >= 15 is 0 Å². The van der Waals surface area contributed by atoms with E-state index < -0.39 is 23.7 Å². The normalized spacial score (nSPS) is 15.9. The average molecular weight is 470 g/mol. The summed E-state index contributed by atoms with van der Waals surface area (Å²) in [7, 11) is 1.55. The molecule has 0 radical (unpaired) electrons. The molecule has 2 aliphatic rings. The van der Waals surface area contributed by atoms with Gasteiger partial charge in [-0.2, -0.15) is 0 Å². The van der Waals surface area contributed by atoms with Crippen LogP contribution < -0.4 is 10.5 Å². The van der Waals surface area contributed by atoms with E-state index in [1.807, 2.05) is 4.57 Å². The smallest absolute Gasteiger partial charge is 0.269 e. The van der Waals surface area contributed by atoms with Crippen LogP contribution in [0.2, 0.25) is 0 Å². The van der Waals surface area contributed by atoms with Crippen molar-refractivity contribution < 1.29 is 23.8 Å². The fraction of sp³-hybridized carbons (Fsp3) is 0.458. The average Bonchev–Trinajstić information content (AvgIpc) is 3.42. The number of likely N-dealkylation sites (tertiary alicyclic amines) is 1. The molecule has 180 valence electrons. The number of hydrogen-bond acceptors (Lipinski definition) is 6. The highest BCUT2D eigenvalue weighted by atomic mass is 19.1. The number of primary amides is 1. The maximum Gasteiger partial charge on any atom is 0.269 e. The van der Waals surface area contributed by atoms with Gasteiger partial charge in [-0.25, -0.2) is 9.37 Å². The first-order chi connectivity index (χ1) is 16.3. The lowest BCUT2D eigenvalue weighted by Crippen LogP contribution is -2.35. The number of ether oxygens (including phenoxy) is 1. The van der Waals surface area contributed by atoms with Crippen molar-refractivity contribution in [1.29, 1.82) is 0 Å². The van der Waals surface area contributed by atoms with Gasteiger partial charge in [-0.05, 0) is 38.9 Å². The Morgan fingerprint density at radius 2 is 2.06 bits per heavy atom. The molecule has 9 nitrogen and oxygen atoms in total. The molecule has 0 saturated carbocycles. The van der Waals surface area contributed by atoms with Crippen molar-refractivity contribution in [3.8, 4) is 29.0 Å². The Hall–Kier alpha value is -3.42. The summed E-state index contributed by atoms with van der Waals surface area (Å²) in [6, 6.07) is 2.67. The molecule has 1 unspecified atom stereocenters. The van der Waals surface area contributed by atoms with Gasteiger partial charge < -0.3 is 25.0 Å². The predicted molar refractivity (Wildman–Crippen MR) is 122 cm³/mol. The lowest BCUT2D eigenvalue weighted by atomic mass is 10.1. The Balaban J connectivity index is 1.75. The SMILES string of the molecule is CCN(C)C(=O)C(O)C#Cc1cc2c(cc1F)OCCn1c-2nc(C(N)=O)c1CN1CCCC1.